The van der Waals surface area contributed by atoms with Crippen LogP contribution in [0.15, 0.2) is 36.5 Å². The maximum absolute atomic E-state index is 13.5. The van der Waals surface area contributed by atoms with Crippen LogP contribution in [0.4, 0.5) is 4.39 Å². The number of nitrogens with zero attached hydrogens (tertiary/aromatic N) is 4. The molecule has 0 radical (unpaired) electrons. The van der Waals surface area contributed by atoms with Gasteiger partial charge in [-0.15, -0.1) is 0 Å². The van der Waals surface area contributed by atoms with Crippen molar-refractivity contribution in [1.29, 1.82) is 0 Å². The smallest absolute Gasteiger partial charge is 0.210 e. The van der Waals surface area contributed by atoms with Gasteiger partial charge < -0.3 is 4.90 Å². The van der Waals surface area contributed by atoms with Crippen molar-refractivity contribution in [2.24, 2.45) is 0 Å². The molecule has 2 aliphatic rings. The largest absolute Gasteiger partial charge is 0.335 e. The van der Waals surface area contributed by atoms with Gasteiger partial charge in [0.1, 0.15) is 5.82 Å². The minimum Gasteiger partial charge on any atom is -0.335 e. The van der Waals surface area contributed by atoms with E-state index in [2.05, 4.69) is 10.1 Å². The van der Waals surface area contributed by atoms with Crippen LogP contribution in [0.1, 0.15) is 30.1 Å². The first-order valence-corrected chi connectivity index (χ1v) is 8.11. The number of hydrogen-bond donors (Lipinski definition) is 0. The Balaban J connectivity index is 1.68. The predicted molar refractivity (Wildman–Crippen MR) is 85.8 cm³/mol. The standard InChI is InChI=1S/C18H15FN4O/c19-12-3-1-2-11(6-12)15-8-18-20-9-14-16-5-4-13(22(16)10-24)7-17(14)23(18)21-15/h1-3,6,8-10,13,16H,4-5,7H2/t13-,16-/m0/s1. The number of amides is 1. The first-order valence-electron chi connectivity index (χ1n) is 8.11. The first-order chi connectivity index (χ1) is 11.7. The van der Waals surface area contributed by atoms with Gasteiger partial charge in [-0.25, -0.2) is 13.9 Å². The summed E-state index contributed by atoms with van der Waals surface area (Å²) in [6.45, 7) is 0. The van der Waals surface area contributed by atoms with E-state index in [4.69, 9.17) is 0 Å². The molecule has 4 heterocycles. The van der Waals surface area contributed by atoms with Gasteiger partial charge in [0.25, 0.3) is 0 Å². The lowest BCUT2D eigenvalue weighted by Crippen LogP contribution is -2.37. The van der Waals surface area contributed by atoms with Gasteiger partial charge in [0.2, 0.25) is 6.41 Å². The van der Waals surface area contributed by atoms with Crippen LogP contribution in [0.25, 0.3) is 16.9 Å². The van der Waals surface area contributed by atoms with Crippen LogP contribution in [-0.4, -0.2) is 31.9 Å². The number of rotatable bonds is 2. The van der Waals surface area contributed by atoms with Gasteiger partial charge in [0.15, 0.2) is 5.65 Å². The molecule has 1 fully saturated rings. The number of benzene rings is 1. The average molecular weight is 322 g/mol. The second-order valence-corrected chi connectivity index (χ2v) is 6.47. The Labute approximate surface area is 137 Å². The van der Waals surface area contributed by atoms with Crippen molar-refractivity contribution < 1.29 is 9.18 Å². The highest BCUT2D eigenvalue weighted by molar-refractivity contribution is 5.64. The lowest BCUT2D eigenvalue weighted by molar-refractivity contribution is -0.121. The van der Waals surface area contributed by atoms with Crippen LogP contribution < -0.4 is 0 Å². The number of carbonyl (C=O) groups is 1. The average Bonchev–Trinajstić information content (AvgIpc) is 3.15. The molecule has 2 aliphatic heterocycles. The van der Waals surface area contributed by atoms with Gasteiger partial charge in [-0.3, -0.25) is 4.79 Å². The fourth-order valence-corrected chi connectivity index (χ4v) is 4.08. The Bertz CT molecular complexity index is 967. The topological polar surface area (TPSA) is 50.5 Å². The van der Waals surface area contributed by atoms with E-state index in [1.54, 1.807) is 6.07 Å². The van der Waals surface area contributed by atoms with E-state index in [-0.39, 0.29) is 17.9 Å². The van der Waals surface area contributed by atoms with Gasteiger partial charge in [0, 0.05) is 35.9 Å². The van der Waals surface area contributed by atoms with E-state index >= 15 is 0 Å². The molecule has 5 rings (SSSR count). The second kappa shape index (κ2) is 4.87. The normalized spacial score (nSPS) is 22.0. The highest BCUT2D eigenvalue weighted by Gasteiger charge is 2.40. The molecule has 6 heteroatoms. The molecule has 3 aromatic rings. The third kappa shape index (κ3) is 1.82. The molecule has 0 unspecified atom stereocenters. The summed E-state index contributed by atoms with van der Waals surface area (Å²) < 4.78 is 15.3. The van der Waals surface area contributed by atoms with Crippen LogP contribution in [0.5, 0.6) is 0 Å². The zero-order valence-electron chi connectivity index (χ0n) is 12.9. The maximum Gasteiger partial charge on any atom is 0.210 e. The Morgan fingerprint density at radius 1 is 1.25 bits per heavy atom. The highest BCUT2D eigenvalue weighted by Crippen LogP contribution is 2.42. The SMILES string of the molecule is O=CN1[C@H]2CC[C@H]1c1cnc3cc(-c4cccc(F)c4)nn3c1C2. The summed E-state index contributed by atoms with van der Waals surface area (Å²) in [6, 6.07) is 8.65. The number of fused-ring (bicyclic) bond motifs is 6. The number of hydrogen-bond acceptors (Lipinski definition) is 3. The fraction of sp³-hybridized carbons (Fsp3) is 0.278. The lowest BCUT2D eigenvalue weighted by Gasteiger charge is -2.33. The molecule has 120 valence electrons. The first kappa shape index (κ1) is 13.7. The van der Waals surface area contributed by atoms with Crippen molar-refractivity contribution in [2.45, 2.75) is 31.3 Å². The zero-order valence-corrected chi connectivity index (χ0v) is 12.9. The number of halogens is 1. The van der Waals surface area contributed by atoms with E-state index in [0.717, 1.165) is 48.1 Å². The molecule has 1 amide bonds. The molecule has 24 heavy (non-hydrogen) atoms. The number of carbonyl (C=O) groups excluding carboxylic acids is 1. The van der Waals surface area contributed by atoms with Gasteiger partial charge in [-0.2, -0.15) is 5.10 Å². The Morgan fingerprint density at radius 2 is 2.17 bits per heavy atom. The summed E-state index contributed by atoms with van der Waals surface area (Å²) in [5, 5.41) is 4.67. The summed E-state index contributed by atoms with van der Waals surface area (Å²) in [7, 11) is 0. The Hall–Kier alpha value is -2.76. The second-order valence-electron chi connectivity index (χ2n) is 6.47. The summed E-state index contributed by atoms with van der Waals surface area (Å²) in [6.07, 6.45) is 5.59. The lowest BCUT2D eigenvalue weighted by atomic mass is 10.00. The summed E-state index contributed by atoms with van der Waals surface area (Å²) in [5.41, 5.74) is 4.40. The highest BCUT2D eigenvalue weighted by atomic mass is 19.1. The molecule has 1 saturated heterocycles. The quantitative estimate of drug-likeness (QED) is 0.682. The molecule has 2 bridgehead atoms. The molecule has 2 atom stereocenters. The van der Waals surface area contributed by atoms with Crippen LogP contribution in [0.2, 0.25) is 0 Å². The van der Waals surface area contributed by atoms with E-state index in [0.29, 0.717) is 5.69 Å². The van der Waals surface area contributed by atoms with Crippen molar-refractivity contribution in [3.05, 3.63) is 53.6 Å². The predicted octanol–water partition coefficient (Wildman–Crippen LogP) is 2.75. The van der Waals surface area contributed by atoms with E-state index in [1.807, 2.05) is 27.7 Å². The third-order valence-electron chi connectivity index (χ3n) is 5.20. The molecular weight excluding hydrogens is 307 g/mol. The zero-order chi connectivity index (χ0) is 16.3. The molecule has 2 aromatic heterocycles. The van der Waals surface area contributed by atoms with Crippen molar-refractivity contribution >= 4 is 12.1 Å². The maximum atomic E-state index is 13.5. The summed E-state index contributed by atoms with van der Waals surface area (Å²) in [4.78, 5) is 17.8. The van der Waals surface area contributed by atoms with Crippen LogP contribution in [0, 0.1) is 5.82 Å². The Kier molecular flexibility index (Phi) is 2.77. The minimum absolute atomic E-state index is 0.106. The van der Waals surface area contributed by atoms with Gasteiger partial charge in [-0.05, 0) is 25.0 Å². The van der Waals surface area contributed by atoms with Gasteiger partial charge in [0.05, 0.1) is 17.4 Å². The third-order valence-corrected chi connectivity index (χ3v) is 5.20. The molecule has 0 N–H and O–H groups in total. The van der Waals surface area contributed by atoms with Crippen LogP contribution >= 0.6 is 0 Å². The van der Waals surface area contributed by atoms with Crippen molar-refractivity contribution in [1.82, 2.24) is 19.5 Å². The molecule has 5 nitrogen and oxygen atoms in total. The van der Waals surface area contributed by atoms with Crippen LogP contribution in [0.3, 0.4) is 0 Å². The van der Waals surface area contributed by atoms with E-state index in [1.165, 1.54) is 12.1 Å². The van der Waals surface area contributed by atoms with Crippen molar-refractivity contribution in [3.63, 3.8) is 0 Å². The Morgan fingerprint density at radius 3 is 3.00 bits per heavy atom. The summed E-state index contributed by atoms with van der Waals surface area (Å²) >= 11 is 0. The van der Waals surface area contributed by atoms with Gasteiger partial charge >= 0.3 is 0 Å². The van der Waals surface area contributed by atoms with Crippen LogP contribution in [-0.2, 0) is 11.2 Å². The number of aromatic nitrogens is 3. The molecule has 0 spiro atoms. The molecular formula is C18H15FN4O. The molecule has 0 aliphatic carbocycles. The summed E-state index contributed by atoms with van der Waals surface area (Å²) in [5.74, 6) is -0.279. The minimum atomic E-state index is -0.279. The van der Waals surface area contributed by atoms with Crippen molar-refractivity contribution in [2.75, 3.05) is 0 Å². The molecule has 0 saturated carbocycles. The van der Waals surface area contributed by atoms with Gasteiger partial charge in [-0.1, -0.05) is 12.1 Å². The monoisotopic (exact) mass is 322 g/mol. The van der Waals surface area contributed by atoms with E-state index < -0.39 is 0 Å². The molecule has 1 aromatic carbocycles. The fourth-order valence-electron chi connectivity index (χ4n) is 4.08. The van der Waals surface area contributed by atoms with E-state index in [9.17, 15) is 9.18 Å². The van der Waals surface area contributed by atoms with Crippen molar-refractivity contribution in [3.8, 4) is 11.3 Å².